The molecule has 2 aromatic rings. The second-order valence-corrected chi connectivity index (χ2v) is 4.68. The maximum atomic E-state index is 2.41. The average Bonchev–Trinajstić information content (AvgIpc) is 2.53. The zero-order valence-corrected chi connectivity index (χ0v) is 10.6. The van der Waals surface area contributed by atoms with Gasteiger partial charge in [-0.3, -0.25) is 0 Å². The third-order valence-electron chi connectivity index (χ3n) is 2.94. The van der Waals surface area contributed by atoms with Gasteiger partial charge in [0.1, 0.15) is 0 Å². The zero-order chi connectivity index (χ0) is 11.7. The predicted molar refractivity (Wildman–Crippen MR) is 69.7 cm³/mol. The zero-order valence-electron chi connectivity index (χ0n) is 10.6. The van der Waals surface area contributed by atoms with Crippen LogP contribution < -0.4 is 0 Å². The minimum atomic E-state index is 1.00. The molecule has 0 aliphatic carbocycles. The molecule has 2 heteroatoms. The number of benzene rings is 1. The molecule has 0 aliphatic heterocycles. The van der Waals surface area contributed by atoms with E-state index in [1.165, 1.54) is 22.2 Å². The Hall–Kier alpha value is -1.28. The third-order valence-corrected chi connectivity index (χ3v) is 2.94. The Bertz CT molecular complexity index is 495. The molecule has 2 rings (SSSR count). The highest BCUT2D eigenvalue weighted by Crippen LogP contribution is 2.21. The van der Waals surface area contributed by atoms with Gasteiger partial charge in [-0.05, 0) is 51.0 Å². The monoisotopic (exact) mass is 216 g/mol. The molecular weight excluding hydrogens is 196 g/mol. The lowest BCUT2D eigenvalue weighted by atomic mass is 10.2. The number of hydrogen-bond acceptors (Lipinski definition) is 1. The van der Waals surface area contributed by atoms with Crippen molar-refractivity contribution in [2.24, 2.45) is 0 Å². The number of aromatic nitrogens is 1. The van der Waals surface area contributed by atoms with Crippen LogP contribution in [0.3, 0.4) is 0 Å². The van der Waals surface area contributed by atoms with Crippen LogP contribution in [0.25, 0.3) is 10.9 Å². The van der Waals surface area contributed by atoms with Crippen molar-refractivity contribution in [2.75, 3.05) is 14.1 Å². The Balaban J connectivity index is 2.57. The Morgan fingerprint density at radius 2 is 1.94 bits per heavy atom. The van der Waals surface area contributed by atoms with Gasteiger partial charge in [0.2, 0.25) is 0 Å². The number of aryl methyl sites for hydroxylation is 2. The van der Waals surface area contributed by atoms with E-state index in [9.17, 15) is 0 Å². The smallest absolute Gasteiger partial charge is 0.0485 e. The first-order chi connectivity index (χ1) is 7.61. The van der Waals surface area contributed by atoms with Crippen molar-refractivity contribution in [1.82, 2.24) is 9.47 Å². The minimum Gasteiger partial charge on any atom is -0.344 e. The van der Waals surface area contributed by atoms with Crippen molar-refractivity contribution in [3.05, 3.63) is 35.5 Å². The van der Waals surface area contributed by atoms with E-state index in [2.05, 4.69) is 61.7 Å². The van der Waals surface area contributed by atoms with E-state index in [0.717, 1.165) is 13.1 Å². The fourth-order valence-electron chi connectivity index (χ4n) is 2.25. The Morgan fingerprint density at radius 1 is 1.19 bits per heavy atom. The highest BCUT2D eigenvalue weighted by Gasteiger charge is 2.07. The molecule has 0 bridgehead atoms. The van der Waals surface area contributed by atoms with Crippen LogP contribution in [0.15, 0.2) is 24.3 Å². The summed E-state index contributed by atoms with van der Waals surface area (Å²) < 4.78 is 2.41. The van der Waals surface area contributed by atoms with Crippen LogP contribution >= 0.6 is 0 Å². The molecule has 2 nitrogen and oxygen atoms in total. The molecule has 1 heterocycles. The van der Waals surface area contributed by atoms with Crippen LogP contribution in [0.1, 0.15) is 18.2 Å². The van der Waals surface area contributed by atoms with E-state index in [1.54, 1.807) is 0 Å². The minimum absolute atomic E-state index is 1.00. The summed E-state index contributed by atoms with van der Waals surface area (Å²) in [5, 5.41) is 1.35. The highest BCUT2D eigenvalue weighted by atomic mass is 15.1. The van der Waals surface area contributed by atoms with Crippen LogP contribution in [-0.4, -0.2) is 23.6 Å². The van der Waals surface area contributed by atoms with Gasteiger partial charge in [0.15, 0.2) is 0 Å². The molecule has 16 heavy (non-hydrogen) atoms. The fraction of sp³-hybridized carbons (Fsp3) is 0.429. The predicted octanol–water partition coefficient (Wildman–Crippen LogP) is 3.03. The summed E-state index contributed by atoms with van der Waals surface area (Å²) >= 11 is 0. The first-order valence-electron chi connectivity index (χ1n) is 5.85. The van der Waals surface area contributed by atoms with Crippen LogP contribution in [0.2, 0.25) is 0 Å². The van der Waals surface area contributed by atoms with Crippen LogP contribution in [0.5, 0.6) is 0 Å². The fourth-order valence-corrected chi connectivity index (χ4v) is 2.25. The number of rotatable bonds is 3. The van der Waals surface area contributed by atoms with Gasteiger partial charge in [-0.2, -0.15) is 0 Å². The van der Waals surface area contributed by atoms with Crippen LogP contribution in [0.4, 0.5) is 0 Å². The summed E-state index contributed by atoms with van der Waals surface area (Å²) in [6.45, 7) is 6.40. The lowest BCUT2D eigenvalue weighted by Crippen LogP contribution is -2.14. The number of hydrogen-bond donors (Lipinski definition) is 0. The van der Waals surface area contributed by atoms with E-state index in [4.69, 9.17) is 0 Å². The van der Waals surface area contributed by atoms with Gasteiger partial charge in [-0.15, -0.1) is 0 Å². The summed E-state index contributed by atoms with van der Waals surface area (Å²) in [5.41, 5.74) is 4.09. The molecule has 0 fully saturated rings. The maximum Gasteiger partial charge on any atom is 0.0485 e. The molecule has 0 spiro atoms. The second kappa shape index (κ2) is 4.30. The van der Waals surface area contributed by atoms with Gasteiger partial charge < -0.3 is 9.47 Å². The van der Waals surface area contributed by atoms with Gasteiger partial charge in [0.25, 0.3) is 0 Å². The van der Waals surface area contributed by atoms with Gasteiger partial charge in [0.05, 0.1) is 0 Å². The van der Waals surface area contributed by atoms with Gasteiger partial charge in [-0.25, -0.2) is 0 Å². The van der Waals surface area contributed by atoms with Crippen molar-refractivity contribution in [1.29, 1.82) is 0 Å². The summed E-state index contributed by atoms with van der Waals surface area (Å²) in [6, 6.07) is 8.98. The summed E-state index contributed by atoms with van der Waals surface area (Å²) in [5.74, 6) is 0. The molecule has 0 amide bonds. The standard InChI is InChI=1S/C14H20N2/c1-5-16-13(10-15(3)4)9-12-7-6-11(2)8-14(12)16/h6-9H,5,10H2,1-4H3. The van der Waals surface area contributed by atoms with Crippen molar-refractivity contribution in [2.45, 2.75) is 26.9 Å². The molecule has 1 aromatic carbocycles. The highest BCUT2D eigenvalue weighted by molar-refractivity contribution is 5.82. The Labute approximate surface area is 97.5 Å². The van der Waals surface area contributed by atoms with Crippen molar-refractivity contribution in [3.8, 4) is 0 Å². The van der Waals surface area contributed by atoms with Crippen molar-refractivity contribution < 1.29 is 0 Å². The van der Waals surface area contributed by atoms with Crippen LogP contribution in [0, 0.1) is 6.92 Å². The summed E-state index contributed by atoms with van der Waals surface area (Å²) in [7, 11) is 4.23. The largest absolute Gasteiger partial charge is 0.344 e. The Morgan fingerprint density at radius 3 is 2.56 bits per heavy atom. The first-order valence-corrected chi connectivity index (χ1v) is 5.85. The van der Waals surface area contributed by atoms with E-state index >= 15 is 0 Å². The van der Waals surface area contributed by atoms with E-state index in [1.807, 2.05) is 0 Å². The quantitative estimate of drug-likeness (QED) is 0.765. The SMILES string of the molecule is CCn1c(CN(C)C)cc2ccc(C)cc21. The molecular formula is C14H20N2. The number of fused-ring (bicyclic) bond motifs is 1. The summed E-state index contributed by atoms with van der Waals surface area (Å²) in [6.07, 6.45) is 0. The molecule has 0 radical (unpaired) electrons. The molecule has 0 saturated heterocycles. The molecule has 1 aromatic heterocycles. The van der Waals surface area contributed by atoms with Gasteiger partial charge in [-0.1, -0.05) is 12.1 Å². The van der Waals surface area contributed by atoms with E-state index < -0.39 is 0 Å². The van der Waals surface area contributed by atoms with Crippen LogP contribution in [-0.2, 0) is 13.1 Å². The first kappa shape index (κ1) is 11.2. The van der Waals surface area contributed by atoms with E-state index in [0.29, 0.717) is 0 Å². The lowest BCUT2D eigenvalue weighted by molar-refractivity contribution is 0.389. The van der Waals surface area contributed by atoms with E-state index in [-0.39, 0.29) is 0 Å². The molecule has 0 unspecified atom stereocenters. The lowest BCUT2D eigenvalue weighted by Gasteiger charge is -2.12. The topological polar surface area (TPSA) is 8.17 Å². The van der Waals surface area contributed by atoms with Crippen molar-refractivity contribution >= 4 is 10.9 Å². The van der Waals surface area contributed by atoms with Gasteiger partial charge >= 0.3 is 0 Å². The molecule has 86 valence electrons. The maximum absolute atomic E-state index is 2.41. The average molecular weight is 216 g/mol. The third kappa shape index (κ3) is 1.98. The summed E-state index contributed by atoms with van der Waals surface area (Å²) in [4.78, 5) is 2.22. The normalized spacial score (nSPS) is 11.6. The molecule has 0 aliphatic rings. The second-order valence-electron chi connectivity index (χ2n) is 4.68. The molecule has 0 N–H and O–H groups in total. The molecule has 0 saturated carbocycles. The number of nitrogens with zero attached hydrogens (tertiary/aromatic N) is 2. The molecule has 0 atom stereocenters. The Kier molecular flexibility index (Phi) is 3.01. The van der Waals surface area contributed by atoms with Gasteiger partial charge in [0, 0.05) is 24.3 Å². The van der Waals surface area contributed by atoms with Crippen molar-refractivity contribution in [3.63, 3.8) is 0 Å².